The van der Waals surface area contributed by atoms with E-state index in [0.29, 0.717) is 19.8 Å². The van der Waals surface area contributed by atoms with Gasteiger partial charge in [0.25, 0.3) is 0 Å². The highest BCUT2D eigenvalue weighted by Crippen LogP contribution is 2.32. The highest BCUT2D eigenvalue weighted by Gasteiger charge is 2.44. The van der Waals surface area contributed by atoms with E-state index in [4.69, 9.17) is 9.47 Å². The predicted octanol–water partition coefficient (Wildman–Crippen LogP) is 2.56. The Kier molecular flexibility index (Phi) is 4.73. The van der Waals surface area contributed by atoms with Gasteiger partial charge in [-0.3, -0.25) is 4.79 Å². The summed E-state index contributed by atoms with van der Waals surface area (Å²) in [5.41, 5.74) is 0. The van der Waals surface area contributed by atoms with Gasteiger partial charge in [-0.15, -0.1) is 11.3 Å². The summed E-state index contributed by atoms with van der Waals surface area (Å²) in [6.07, 6.45) is 5.68. The first-order valence-corrected chi connectivity index (χ1v) is 8.43. The molecule has 114 valence electrons. The zero-order chi connectivity index (χ0) is 14.7. The largest absolute Gasteiger partial charge is 0.374 e. The minimum absolute atomic E-state index is 0.0246. The molecule has 1 aromatic heterocycles. The summed E-state index contributed by atoms with van der Waals surface area (Å²) in [6, 6.07) is 4.15. The zero-order valence-corrected chi connectivity index (χ0v) is 13.1. The van der Waals surface area contributed by atoms with Gasteiger partial charge < -0.3 is 14.4 Å². The van der Waals surface area contributed by atoms with Crippen LogP contribution in [-0.2, 0) is 14.3 Å². The van der Waals surface area contributed by atoms with Crippen LogP contribution in [0.25, 0.3) is 6.08 Å². The van der Waals surface area contributed by atoms with Crippen LogP contribution in [0, 0.1) is 0 Å². The van der Waals surface area contributed by atoms with Gasteiger partial charge in [0.2, 0.25) is 5.91 Å². The van der Waals surface area contributed by atoms with Crippen LogP contribution < -0.4 is 0 Å². The van der Waals surface area contributed by atoms with E-state index in [1.165, 1.54) is 0 Å². The summed E-state index contributed by atoms with van der Waals surface area (Å²) in [4.78, 5) is 15.5. The van der Waals surface area contributed by atoms with E-state index in [2.05, 4.69) is 0 Å². The Morgan fingerprint density at radius 1 is 1.57 bits per heavy atom. The van der Waals surface area contributed by atoms with Crippen molar-refractivity contribution in [2.45, 2.75) is 38.0 Å². The minimum Gasteiger partial charge on any atom is -0.374 e. The van der Waals surface area contributed by atoms with Crippen LogP contribution in [0.15, 0.2) is 23.6 Å². The molecule has 0 N–H and O–H groups in total. The van der Waals surface area contributed by atoms with Gasteiger partial charge in [0.05, 0.1) is 18.8 Å². The molecule has 21 heavy (non-hydrogen) atoms. The molecule has 1 aliphatic carbocycles. The molecule has 2 heterocycles. The Hall–Kier alpha value is -1.17. The third kappa shape index (κ3) is 3.20. The molecule has 2 aliphatic rings. The first kappa shape index (κ1) is 14.8. The highest BCUT2D eigenvalue weighted by atomic mass is 32.1. The second-order valence-electron chi connectivity index (χ2n) is 5.35. The molecule has 0 spiro atoms. The Bertz CT molecular complexity index is 500. The lowest BCUT2D eigenvalue weighted by molar-refractivity contribution is -0.130. The maximum atomic E-state index is 12.5. The lowest BCUT2D eigenvalue weighted by Crippen LogP contribution is -2.45. The molecule has 1 aromatic rings. The zero-order valence-electron chi connectivity index (χ0n) is 12.2. The van der Waals surface area contributed by atoms with Crippen molar-refractivity contribution in [3.63, 3.8) is 0 Å². The average Bonchev–Trinajstić information content (AvgIpc) is 3.06. The smallest absolute Gasteiger partial charge is 0.247 e. The fraction of sp³-hybridized carbons (Fsp3) is 0.562. The molecule has 0 aromatic carbocycles. The summed E-state index contributed by atoms with van der Waals surface area (Å²) in [5.74, 6) is 0.0595. The van der Waals surface area contributed by atoms with Crippen molar-refractivity contribution in [2.75, 3.05) is 19.8 Å². The van der Waals surface area contributed by atoms with Crippen molar-refractivity contribution in [1.82, 2.24) is 4.90 Å². The number of fused-ring (bicyclic) bond motifs is 2. The van der Waals surface area contributed by atoms with Crippen LogP contribution in [0.1, 0.15) is 24.6 Å². The van der Waals surface area contributed by atoms with Crippen molar-refractivity contribution in [3.05, 3.63) is 28.5 Å². The van der Waals surface area contributed by atoms with E-state index in [-0.39, 0.29) is 24.2 Å². The number of amides is 1. The Morgan fingerprint density at radius 2 is 2.48 bits per heavy atom. The second-order valence-corrected chi connectivity index (χ2v) is 6.33. The average molecular weight is 307 g/mol. The highest BCUT2D eigenvalue weighted by molar-refractivity contribution is 7.10. The molecule has 3 rings (SSSR count). The summed E-state index contributed by atoms with van der Waals surface area (Å²) >= 11 is 1.63. The fourth-order valence-electron chi connectivity index (χ4n) is 3.21. The molecule has 3 unspecified atom stereocenters. The summed E-state index contributed by atoms with van der Waals surface area (Å²) in [6.45, 7) is 3.91. The van der Waals surface area contributed by atoms with Gasteiger partial charge in [-0.05, 0) is 37.3 Å². The molecule has 2 bridgehead atoms. The van der Waals surface area contributed by atoms with Crippen LogP contribution in [0.5, 0.6) is 0 Å². The monoisotopic (exact) mass is 307 g/mol. The fourth-order valence-corrected chi connectivity index (χ4v) is 3.83. The van der Waals surface area contributed by atoms with Gasteiger partial charge >= 0.3 is 0 Å². The molecule has 0 radical (unpaired) electrons. The van der Waals surface area contributed by atoms with E-state index in [9.17, 15) is 4.79 Å². The first-order chi connectivity index (χ1) is 10.3. The van der Waals surface area contributed by atoms with Crippen LogP contribution in [0.2, 0.25) is 0 Å². The molecule has 1 saturated heterocycles. The van der Waals surface area contributed by atoms with E-state index in [1.807, 2.05) is 35.4 Å². The van der Waals surface area contributed by atoms with Crippen LogP contribution in [-0.4, -0.2) is 48.8 Å². The van der Waals surface area contributed by atoms with E-state index in [1.54, 1.807) is 17.4 Å². The third-order valence-electron chi connectivity index (χ3n) is 4.13. The van der Waals surface area contributed by atoms with Gasteiger partial charge in [-0.1, -0.05) is 6.07 Å². The molecule has 5 heteroatoms. The normalized spacial score (nSPS) is 29.0. The van der Waals surface area contributed by atoms with Crippen molar-refractivity contribution < 1.29 is 14.3 Å². The molecule has 1 saturated carbocycles. The summed E-state index contributed by atoms with van der Waals surface area (Å²) < 4.78 is 11.7. The second kappa shape index (κ2) is 6.73. The molecule has 1 amide bonds. The van der Waals surface area contributed by atoms with Crippen molar-refractivity contribution >= 4 is 23.3 Å². The molecule has 2 fully saturated rings. The number of carbonyl (C=O) groups is 1. The van der Waals surface area contributed by atoms with Crippen LogP contribution in [0.4, 0.5) is 0 Å². The molecule has 1 aliphatic heterocycles. The summed E-state index contributed by atoms with van der Waals surface area (Å²) in [5, 5.41) is 2.01. The van der Waals surface area contributed by atoms with Crippen molar-refractivity contribution in [3.8, 4) is 0 Å². The quantitative estimate of drug-likeness (QED) is 0.803. The first-order valence-electron chi connectivity index (χ1n) is 7.55. The Balaban J connectivity index is 1.72. The maximum absolute atomic E-state index is 12.5. The number of carbonyl (C=O) groups excluding carboxylic acids is 1. The Labute approximate surface area is 129 Å². The molecule has 4 nitrogen and oxygen atoms in total. The van der Waals surface area contributed by atoms with Gasteiger partial charge in [0, 0.05) is 24.1 Å². The minimum atomic E-state index is 0.0246. The molecule has 3 atom stereocenters. The lowest BCUT2D eigenvalue weighted by atomic mass is 10.1. The Morgan fingerprint density at radius 3 is 3.24 bits per heavy atom. The van der Waals surface area contributed by atoms with E-state index < -0.39 is 0 Å². The van der Waals surface area contributed by atoms with Gasteiger partial charge in [-0.2, -0.15) is 0 Å². The topological polar surface area (TPSA) is 38.8 Å². The van der Waals surface area contributed by atoms with Crippen LogP contribution >= 0.6 is 11.3 Å². The molecular weight excluding hydrogens is 286 g/mol. The summed E-state index contributed by atoms with van der Waals surface area (Å²) in [7, 11) is 0. The van der Waals surface area contributed by atoms with Gasteiger partial charge in [0.15, 0.2) is 0 Å². The maximum Gasteiger partial charge on any atom is 0.247 e. The standard InChI is InChI=1S/C16H21NO3S/c1-2-19-16-13-6-7-14(16)20-10-9-17(13)15(18)8-5-12-4-3-11-21-12/h3-5,8,11,13-14,16H,2,6-7,9-10H2,1H3/b8-5+. The molecular formula is C16H21NO3S. The van der Waals surface area contributed by atoms with Crippen LogP contribution in [0.3, 0.4) is 0 Å². The van der Waals surface area contributed by atoms with E-state index >= 15 is 0 Å². The number of nitrogens with zero attached hydrogens (tertiary/aromatic N) is 1. The number of ether oxygens (including phenoxy) is 2. The SMILES string of the molecule is CCOC1C2CCC1N(C(=O)/C=C/c1cccs1)CCO2. The van der Waals surface area contributed by atoms with Crippen molar-refractivity contribution in [1.29, 1.82) is 0 Å². The van der Waals surface area contributed by atoms with Crippen molar-refractivity contribution in [2.24, 2.45) is 0 Å². The predicted molar refractivity (Wildman–Crippen MR) is 83.2 cm³/mol. The number of hydrogen-bond acceptors (Lipinski definition) is 4. The van der Waals surface area contributed by atoms with Gasteiger partial charge in [0.1, 0.15) is 6.10 Å². The third-order valence-corrected chi connectivity index (χ3v) is 4.97. The number of thiophene rings is 1. The van der Waals surface area contributed by atoms with Gasteiger partial charge in [-0.25, -0.2) is 0 Å². The van der Waals surface area contributed by atoms with E-state index in [0.717, 1.165) is 17.7 Å². The number of hydrogen-bond donors (Lipinski definition) is 0. The number of rotatable bonds is 4. The lowest BCUT2D eigenvalue weighted by Gasteiger charge is -2.30.